The predicted molar refractivity (Wildman–Crippen MR) is 85.1 cm³/mol. The van der Waals surface area contributed by atoms with E-state index in [1.807, 2.05) is 0 Å². The van der Waals surface area contributed by atoms with Crippen molar-refractivity contribution < 1.29 is 9.53 Å². The first-order valence-electron chi connectivity index (χ1n) is 7.12. The molecular weight excluding hydrogens is 288 g/mol. The fourth-order valence-electron chi connectivity index (χ4n) is 1.94. The maximum absolute atomic E-state index is 12.2. The highest BCUT2D eigenvalue weighted by atomic mass is 16.5. The number of carbonyl (C=O) groups is 1. The zero-order chi connectivity index (χ0) is 16.7. The summed E-state index contributed by atoms with van der Waals surface area (Å²) in [5.74, 6) is -0.00352. The Labute approximate surface area is 128 Å². The highest BCUT2D eigenvalue weighted by molar-refractivity contribution is 5.70. The molecule has 122 valence electrons. The molecular formula is C14H22N4O4. The van der Waals surface area contributed by atoms with E-state index in [9.17, 15) is 14.4 Å². The van der Waals surface area contributed by atoms with Crippen LogP contribution in [0.25, 0.3) is 0 Å². The van der Waals surface area contributed by atoms with Crippen LogP contribution in [0.4, 0.5) is 11.5 Å². The average Bonchev–Trinajstić information content (AvgIpc) is 2.49. The molecule has 0 amide bonds. The van der Waals surface area contributed by atoms with Gasteiger partial charge in [0.05, 0.1) is 6.61 Å². The summed E-state index contributed by atoms with van der Waals surface area (Å²) >= 11 is 0. The Bertz CT molecular complexity index is 673. The Morgan fingerprint density at radius 1 is 1.32 bits per heavy atom. The van der Waals surface area contributed by atoms with Crippen LogP contribution in [0.5, 0.6) is 0 Å². The van der Waals surface area contributed by atoms with Crippen molar-refractivity contribution in [3.8, 4) is 0 Å². The number of rotatable bonds is 7. The lowest BCUT2D eigenvalue weighted by Gasteiger charge is -2.13. The predicted octanol–water partition coefficient (Wildman–Crippen LogP) is 0.561. The largest absolute Gasteiger partial charge is 0.466 e. The first kappa shape index (κ1) is 17.7. The SMILES string of the molecule is CC=Nc1c(NCCCC(=O)OCC)c(=O)n(C)c(=O)n1C. The summed E-state index contributed by atoms with van der Waals surface area (Å²) in [4.78, 5) is 39.4. The molecule has 1 aromatic rings. The van der Waals surface area contributed by atoms with Crippen molar-refractivity contribution in [3.05, 3.63) is 20.8 Å². The second-order valence-electron chi connectivity index (χ2n) is 4.63. The number of hydrogen-bond acceptors (Lipinski definition) is 6. The lowest BCUT2D eigenvalue weighted by molar-refractivity contribution is -0.143. The molecule has 0 unspecified atom stereocenters. The lowest BCUT2D eigenvalue weighted by atomic mass is 10.3. The third kappa shape index (κ3) is 4.06. The Morgan fingerprint density at radius 3 is 2.59 bits per heavy atom. The van der Waals surface area contributed by atoms with Crippen LogP contribution in [-0.2, 0) is 23.6 Å². The van der Waals surface area contributed by atoms with E-state index in [1.165, 1.54) is 17.8 Å². The number of hydrogen-bond donors (Lipinski definition) is 1. The molecule has 22 heavy (non-hydrogen) atoms. The summed E-state index contributed by atoms with van der Waals surface area (Å²) in [5, 5.41) is 2.96. The molecule has 0 radical (unpaired) electrons. The number of carbonyl (C=O) groups excluding carboxylic acids is 1. The van der Waals surface area contributed by atoms with Gasteiger partial charge in [0, 0.05) is 33.3 Å². The Kier molecular flexibility index (Phi) is 6.55. The summed E-state index contributed by atoms with van der Waals surface area (Å²) in [6.45, 7) is 4.20. The highest BCUT2D eigenvalue weighted by Gasteiger charge is 2.14. The van der Waals surface area contributed by atoms with Gasteiger partial charge < -0.3 is 10.1 Å². The van der Waals surface area contributed by atoms with E-state index in [2.05, 4.69) is 10.3 Å². The molecule has 1 N–H and O–H groups in total. The van der Waals surface area contributed by atoms with Crippen LogP contribution in [0.15, 0.2) is 14.6 Å². The minimum Gasteiger partial charge on any atom is -0.466 e. The average molecular weight is 310 g/mol. The summed E-state index contributed by atoms with van der Waals surface area (Å²) < 4.78 is 7.15. The maximum atomic E-state index is 12.2. The molecule has 1 heterocycles. The number of nitrogens with one attached hydrogen (secondary N) is 1. The van der Waals surface area contributed by atoms with Crippen molar-refractivity contribution in [2.45, 2.75) is 26.7 Å². The van der Waals surface area contributed by atoms with Crippen LogP contribution in [0, 0.1) is 0 Å². The normalized spacial score (nSPS) is 10.9. The van der Waals surface area contributed by atoms with Crippen molar-refractivity contribution in [2.75, 3.05) is 18.5 Å². The van der Waals surface area contributed by atoms with Gasteiger partial charge >= 0.3 is 11.7 Å². The second kappa shape index (κ2) is 8.16. The Hall–Kier alpha value is -2.38. The minimum absolute atomic E-state index is 0.242. The highest BCUT2D eigenvalue weighted by Crippen LogP contribution is 2.17. The van der Waals surface area contributed by atoms with Crippen molar-refractivity contribution >= 4 is 23.7 Å². The number of aromatic nitrogens is 2. The van der Waals surface area contributed by atoms with E-state index in [0.717, 1.165) is 4.57 Å². The van der Waals surface area contributed by atoms with Crippen LogP contribution in [-0.4, -0.2) is 34.5 Å². The maximum Gasteiger partial charge on any atom is 0.332 e. The molecule has 0 atom stereocenters. The number of esters is 1. The third-order valence-corrected chi connectivity index (χ3v) is 3.05. The van der Waals surface area contributed by atoms with Crippen LogP contribution in [0.1, 0.15) is 26.7 Å². The van der Waals surface area contributed by atoms with E-state index in [-0.39, 0.29) is 23.9 Å². The van der Waals surface area contributed by atoms with Crippen molar-refractivity contribution in [3.63, 3.8) is 0 Å². The molecule has 0 bridgehead atoms. The summed E-state index contributed by atoms with van der Waals surface area (Å²) in [6, 6.07) is 0. The van der Waals surface area contributed by atoms with Crippen molar-refractivity contribution in [2.24, 2.45) is 19.1 Å². The van der Waals surface area contributed by atoms with Gasteiger partial charge in [0.1, 0.15) is 5.69 Å². The summed E-state index contributed by atoms with van der Waals surface area (Å²) in [5.41, 5.74) is -0.644. The van der Waals surface area contributed by atoms with E-state index in [4.69, 9.17) is 4.74 Å². The van der Waals surface area contributed by atoms with Gasteiger partial charge in [0.25, 0.3) is 5.56 Å². The summed E-state index contributed by atoms with van der Waals surface area (Å²) in [7, 11) is 2.96. The standard InChI is InChI=1S/C14H22N4O4/c1-5-15-12-11(13(20)18(4)14(21)17(12)3)16-9-7-8-10(19)22-6-2/h5,16H,6-9H2,1-4H3. The number of ether oxygens (including phenoxy) is 1. The number of aliphatic imine (C=N–C) groups is 1. The zero-order valence-corrected chi connectivity index (χ0v) is 13.4. The fraction of sp³-hybridized carbons (Fsp3) is 0.571. The van der Waals surface area contributed by atoms with Gasteiger partial charge in [-0.05, 0) is 20.3 Å². The molecule has 0 aromatic carbocycles. The van der Waals surface area contributed by atoms with Gasteiger partial charge in [0.2, 0.25) is 0 Å². The van der Waals surface area contributed by atoms with Gasteiger partial charge in [0.15, 0.2) is 5.82 Å². The summed E-state index contributed by atoms with van der Waals surface area (Å²) in [6.07, 6.45) is 2.29. The third-order valence-electron chi connectivity index (χ3n) is 3.05. The molecule has 0 saturated heterocycles. The molecule has 8 nitrogen and oxygen atoms in total. The van der Waals surface area contributed by atoms with E-state index in [0.29, 0.717) is 19.6 Å². The minimum atomic E-state index is -0.445. The fourth-order valence-corrected chi connectivity index (χ4v) is 1.94. The molecule has 0 aliphatic heterocycles. The quantitative estimate of drug-likeness (QED) is 0.451. The van der Waals surface area contributed by atoms with Gasteiger partial charge in [-0.1, -0.05) is 0 Å². The lowest BCUT2D eigenvalue weighted by Crippen LogP contribution is -2.38. The molecule has 0 spiro atoms. The van der Waals surface area contributed by atoms with Gasteiger partial charge in [-0.3, -0.25) is 18.7 Å². The first-order valence-corrected chi connectivity index (χ1v) is 7.12. The van der Waals surface area contributed by atoms with Gasteiger partial charge in [-0.2, -0.15) is 0 Å². The van der Waals surface area contributed by atoms with Crippen molar-refractivity contribution in [1.82, 2.24) is 9.13 Å². The molecule has 1 aromatic heterocycles. The van der Waals surface area contributed by atoms with Gasteiger partial charge in [-0.15, -0.1) is 0 Å². The molecule has 0 aliphatic carbocycles. The van der Waals surface area contributed by atoms with E-state index in [1.54, 1.807) is 20.9 Å². The second-order valence-corrected chi connectivity index (χ2v) is 4.63. The van der Waals surface area contributed by atoms with Crippen LogP contribution >= 0.6 is 0 Å². The molecule has 1 rings (SSSR count). The van der Waals surface area contributed by atoms with Crippen LogP contribution in [0.3, 0.4) is 0 Å². The van der Waals surface area contributed by atoms with Crippen LogP contribution in [0.2, 0.25) is 0 Å². The Morgan fingerprint density at radius 2 is 2.00 bits per heavy atom. The Balaban J connectivity index is 2.93. The van der Waals surface area contributed by atoms with E-state index < -0.39 is 11.2 Å². The van der Waals surface area contributed by atoms with Gasteiger partial charge in [-0.25, -0.2) is 9.79 Å². The van der Waals surface area contributed by atoms with Crippen molar-refractivity contribution in [1.29, 1.82) is 0 Å². The van der Waals surface area contributed by atoms with E-state index >= 15 is 0 Å². The smallest absolute Gasteiger partial charge is 0.332 e. The molecule has 8 heteroatoms. The topological polar surface area (TPSA) is 94.7 Å². The molecule has 0 aliphatic rings. The first-order chi connectivity index (χ1) is 10.4. The molecule has 0 saturated carbocycles. The number of nitrogens with zero attached hydrogens (tertiary/aromatic N) is 3. The monoisotopic (exact) mass is 310 g/mol. The zero-order valence-electron chi connectivity index (χ0n) is 13.4. The molecule has 0 fully saturated rings. The number of anilines is 1. The van der Waals surface area contributed by atoms with Crippen LogP contribution < -0.4 is 16.6 Å².